The molecule has 0 spiro atoms. The minimum absolute atomic E-state index is 0.157. The Morgan fingerprint density at radius 2 is 1.70 bits per heavy atom. The monoisotopic (exact) mass is 146 g/mol. The molecule has 1 rings (SSSR count). The molecule has 0 amide bonds. The van der Waals surface area contributed by atoms with Gasteiger partial charge in [-0.1, -0.05) is 0 Å². The predicted octanol–water partition coefficient (Wildman–Crippen LogP) is 0.783. The van der Waals surface area contributed by atoms with Crippen LogP contribution in [0.2, 0.25) is 0 Å². The highest BCUT2D eigenvalue weighted by Crippen LogP contribution is 2.17. The van der Waals surface area contributed by atoms with Gasteiger partial charge in [-0.05, 0) is 13.8 Å². The van der Waals surface area contributed by atoms with Crippen LogP contribution in [-0.2, 0) is 14.2 Å². The number of rotatable bonds is 2. The summed E-state index contributed by atoms with van der Waals surface area (Å²) < 4.78 is 15.6. The van der Waals surface area contributed by atoms with Crippen molar-refractivity contribution >= 4 is 0 Å². The smallest absolute Gasteiger partial charge is 0.181 e. The van der Waals surface area contributed by atoms with E-state index in [-0.39, 0.29) is 18.5 Å². The van der Waals surface area contributed by atoms with E-state index >= 15 is 0 Å². The summed E-state index contributed by atoms with van der Waals surface area (Å²) in [5.74, 6) is 0. The van der Waals surface area contributed by atoms with Crippen molar-refractivity contribution in [2.24, 2.45) is 0 Å². The second-order valence-corrected chi connectivity index (χ2v) is 2.57. The second-order valence-electron chi connectivity index (χ2n) is 2.57. The fourth-order valence-corrected chi connectivity index (χ4v) is 0.947. The Bertz CT molecular complexity index is 95.0. The van der Waals surface area contributed by atoms with Crippen LogP contribution in [0.5, 0.6) is 0 Å². The molecule has 1 saturated heterocycles. The minimum Gasteiger partial charge on any atom is -0.379 e. The van der Waals surface area contributed by atoms with Crippen LogP contribution in [0.15, 0.2) is 0 Å². The quantitative estimate of drug-likeness (QED) is 0.576. The molecule has 0 radical (unpaired) electrons. The maximum absolute atomic E-state index is 5.37. The number of methoxy groups -OCH3 is 1. The van der Waals surface area contributed by atoms with Crippen molar-refractivity contribution in [1.29, 1.82) is 0 Å². The van der Waals surface area contributed by atoms with Gasteiger partial charge in [0.25, 0.3) is 0 Å². The van der Waals surface area contributed by atoms with Crippen LogP contribution in [0.3, 0.4) is 0 Å². The molecule has 0 saturated carbocycles. The molecule has 0 aromatic carbocycles. The van der Waals surface area contributed by atoms with E-state index in [0.29, 0.717) is 6.61 Å². The molecule has 1 heterocycles. The summed E-state index contributed by atoms with van der Waals surface area (Å²) in [6.07, 6.45) is 0.232. The summed E-state index contributed by atoms with van der Waals surface area (Å²) in [5, 5.41) is 0. The molecule has 0 unspecified atom stereocenters. The summed E-state index contributed by atoms with van der Waals surface area (Å²) in [6, 6.07) is 0. The minimum atomic E-state index is -0.157. The highest BCUT2D eigenvalue weighted by atomic mass is 16.7. The van der Waals surface area contributed by atoms with Crippen LogP contribution < -0.4 is 0 Å². The van der Waals surface area contributed by atoms with Gasteiger partial charge in [0.05, 0.1) is 18.8 Å². The third kappa shape index (κ3) is 1.68. The first-order valence-corrected chi connectivity index (χ1v) is 3.54. The third-order valence-electron chi connectivity index (χ3n) is 1.70. The lowest BCUT2D eigenvalue weighted by atomic mass is 10.3. The lowest BCUT2D eigenvalue weighted by Crippen LogP contribution is -2.15. The first kappa shape index (κ1) is 7.98. The van der Waals surface area contributed by atoms with Gasteiger partial charge >= 0.3 is 0 Å². The van der Waals surface area contributed by atoms with Crippen molar-refractivity contribution in [2.45, 2.75) is 32.3 Å². The fraction of sp³-hybridized carbons (Fsp3) is 1.00. The molecule has 0 bridgehead atoms. The Balaban J connectivity index is 2.27. The van der Waals surface area contributed by atoms with Gasteiger partial charge in [-0.25, -0.2) is 0 Å². The molecule has 3 heteroatoms. The average molecular weight is 146 g/mol. The molecule has 2 atom stereocenters. The molecular weight excluding hydrogens is 132 g/mol. The zero-order valence-corrected chi connectivity index (χ0v) is 6.66. The normalized spacial score (nSPS) is 35.1. The van der Waals surface area contributed by atoms with Gasteiger partial charge in [0.2, 0.25) is 0 Å². The lowest BCUT2D eigenvalue weighted by Gasteiger charge is -2.06. The van der Waals surface area contributed by atoms with Crippen LogP contribution in [0.25, 0.3) is 0 Å². The summed E-state index contributed by atoms with van der Waals surface area (Å²) in [6.45, 7) is 4.52. The summed E-state index contributed by atoms with van der Waals surface area (Å²) >= 11 is 0. The SMILES string of the molecule is COCC1O[C@@H](C)[C@H](C)O1. The van der Waals surface area contributed by atoms with E-state index in [2.05, 4.69) is 0 Å². The van der Waals surface area contributed by atoms with Crippen molar-refractivity contribution in [2.75, 3.05) is 13.7 Å². The fourth-order valence-electron chi connectivity index (χ4n) is 0.947. The van der Waals surface area contributed by atoms with E-state index in [0.717, 1.165) is 0 Å². The lowest BCUT2D eigenvalue weighted by molar-refractivity contribution is -0.101. The van der Waals surface area contributed by atoms with Crippen LogP contribution in [0.1, 0.15) is 13.8 Å². The predicted molar refractivity (Wildman–Crippen MR) is 36.8 cm³/mol. The maximum Gasteiger partial charge on any atom is 0.181 e. The number of hydrogen-bond acceptors (Lipinski definition) is 3. The van der Waals surface area contributed by atoms with Gasteiger partial charge < -0.3 is 14.2 Å². The van der Waals surface area contributed by atoms with Gasteiger partial charge in [0, 0.05) is 7.11 Å². The highest BCUT2D eigenvalue weighted by Gasteiger charge is 2.28. The summed E-state index contributed by atoms with van der Waals surface area (Å²) in [4.78, 5) is 0. The molecule has 0 N–H and O–H groups in total. The van der Waals surface area contributed by atoms with Gasteiger partial charge in [0.15, 0.2) is 6.29 Å². The summed E-state index contributed by atoms with van der Waals surface area (Å²) in [5.41, 5.74) is 0. The molecule has 0 aliphatic carbocycles. The van der Waals surface area contributed by atoms with E-state index in [1.54, 1.807) is 7.11 Å². The largest absolute Gasteiger partial charge is 0.379 e. The maximum atomic E-state index is 5.37. The standard InChI is InChI=1S/C7H14O3/c1-5-6(2)10-7(9-5)4-8-3/h5-7H,4H2,1-3H3/t5-,6-/m0/s1. The Morgan fingerprint density at radius 3 is 2.10 bits per heavy atom. The van der Waals surface area contributed by atoms with E-state index in [1.165, 1.54) is 0 Å². The molecule has 1 fully saturated rings. The molecule has 3 nitrogen and oxygen atoms in total. The molecule has 0 aromatic heterocycles. The first-order valence-electron chi connectivity index (χ1n) is 3.54. The zero-order chi connectivity index (χ0) is 7.56. The Kier molecular flexibility index (Phi) is 2.65. The zero-order valence-electron chi connectivity index (χ0n) is 6.66. The molecular formula is C7H14O3. The van der Waals surface area contributed by atoms with Crippen molar-refractivity contribution < 1.29 is 14.2 Å². The van der Waals surface area contributed by atoms with Crippen molar-refractivity contribution in [3.8, 4) is 0 Å². The average Bonchev–Trinajstić information content (AvgIpc) is 2.14. The molecule has 60 valence electrons. The van der Waals surface area contributed by atoms with Crippen LogP contribution in [0.4, 0.5) is 0 Å². The Morgan fingerprint density at radius 1 is 1.20 bits per heavy atom. The third-order valence-corrected chi connectivity index (χ3v) is 1.70. The number of hydrogen-bond donors (Lipinski definition) is 0. The molecule has 0 aromatic rings. The van der Waals surface area contributed by atoms with Crippen LogP contribution in [-0.4, -0.2) is 32.2 Å². The topological polar surface area (TPSA) is 27.7 Å². The Hall–Kier alpha value is -0.120. The van der Waals surface area contributed by atoms with E-state index in [1.807, 2.05) is 13.8 Å². The highest BCUT2D eigenvalue weighted by molar-refractivity contribution is 4.68. The van der Waals surface area contributed by atoms with E-state index in [4.69, 9.17) is 14.2 Å². The molecule has 10 heavy (non-hydrogen) atoms. The second kappa shape index (κ2) is 3.32. The van der Waals surface area contributed by atoms with Crippen molar-refractivity contribution in [1.82, 2.24) is 0 Å². The van der Waals surface area contributed by atoms with Gasteiger partial charge in [-0.2, -0.15) is 0 Å². The van der Waals surface area contributed by atoms with E-state index in [9.17, 15) is 0 Å². The van der Waals surface area contributed by atoms with Crippen LogP contribution >= 0.6 is 0 Å². The molecule has 1 aliphatic rings. The number of ether oxygens (including phenoxy) is 3. The van der Waals surface area contributed by atoms with Crippen molar-refractivity contribution in [3.63, 3.8) is 0 Å². The van der Waals surface area contributed by atoms with Crippen molar-refractivity contribution in [3.05, 3.63) is 0 Å². The van der Waals surface area contributed by atoms with Gasteiger partial charge in [-0.15, -0.1) is 0 Å². The first-order chi connectivity index (χ1) is 4.74. The Labute approximate surface area is 61.3 Å². The van der Waals surface area contributed by atoms with Gasteiger partial charge in [0.1, 0.15) is 0 Å². The van der Waals surface area contributed by atoms with E-state index < -0.39 is 0 Å². The summed E-state index contributed by atoms with van der Waals surface area (Å²) in [7, 11) is 1.64. The molecule has 1 aliphatic heterocycles. The van der Waals surface area contributed by atoms with Gasteiger partial charge in [-0.3, -0.25) is 0 Å². The van der Waals surface area contributed by atoms with Crippen LogP contribution in [0, 0.1) is 0 Å².